The van der Waals surface area contributed by atoms with E-state index in [9.17, 15) is 0 Å². The SMILES string of the molecule is CC1(C)c2ccccc2-c2ccc(N(c3ccccc3)c3ccc(-c4cccc5cccc(-c6ccc(N(c7ccccc7)c7ccccc7)cc6)c45)cc3)cc21. The van der Waals surface area contributed by atoms with Crippen molar-refractivity contribution in [3.63, 3.8) is 0 Å². The molecule has 0 spiro atoms. The van der Waals surface area contributed by atoms with Crippen LogP contribution in [0.3, 0.4) is 0 Å². The molecule has 0 aliphatic heterocycles. The third-order valence-corrected chi connectivity index (χ3v) is 11.6. The Labute approximate surface area is 335 Å². The van der Waals surface area contributed by atoms with Gasteiger partial charge in [-0.25, -0.2) is 0 Å². The maximum Gasteiger partial charge on any atom is 0.0465 e. The van der Waals surface area contributed by atoms with Crippen molar-refractivity contribution in [3.8, 4) is 33.4 Å². The van der Waals surface area contributed by atoms with Gasteiger partial charge in [-0.3, -0.25) is 0 Å². The second-order valence-corrected chi connectivity index (χ2v) is 15.4. The highest BCUT2D eigenvalue weighted by atomic mass is 15.1. The molecule has 272 valence electrons. The van der Waals surface area contributed by atoms with Crippen molar-refractivity contribution in [3.05, 3.63) is 230 Å². The molecule has 0 unspecified atom stereocenters. The lowest BCUT2D eigenvalue weighted by atomic mass is 9.82. The summed E-state index contributed by atoms with van der Waals surface area (Å²) in [6.45, 7) is 4.69. The summed E-state index contributed by atoms with van der Waals surface area (Å²) in [6, 6.07) is 79.1. The summed E-state index contributed by atoms with van der Waals surface area (Å²) in [5.41, 5.74) is 16.9. The van der Waals surface area contributed by atoms with Gasteiger partial charge >= 0.3 is 0 Å². The lowest BCUT2D eigenvalue weighted by molar-refractivity contribution is 0.660. The van der Waals surface area contributed by atoms with Crippen molar-refractivity contribution in [2.45, 2.75) is 19.3 Å². The number of rotatable bonds is 8. The third-order valence-electron chi connectivity index (χ3n) is 11.6. The number of benzene rings is 9. The summed E-state index contributed by atoms with van der Waals surface area (Å²) < 4.78 is 0. The Morgan fingerprint density at radius 3 is 1.19 bits per heavy atom. The molecular formula is C55H42N2. The average molecular weight is 731 g/mol. The average Bonchev–Trinajstić information content (AvgIpc) is 3.50. The van der Waals surface area contributed by atoms with Crippen LogP contribution in [0.2, 0.25) is 0 Å². The molecule has 0 atom stereocenters. The van der Waals surface area contributed by atoms with Crippen molar-refractivity contribution >= 4 is 44.9 Å². The number of fused-ring (bicyclic) bond motifs is 4. The van der Waals surface area contributed by atoms with Crippen LogP contribution in [0.25, 0.3) is 44.2 Å². The summed E-state index contributed by atoms with van der Waals surface area (Å²) in [5, 5.41) is 2.48. The van der Waals surface area contributed by atoms with Gasteiger partial charge in [0.05, 0.1) is 0 Å². The Kier molecular flexibility index (Phi) is 8.53. The number of nitrogens with zero attached hydrogens (tertiary/aromatic N) is 2. The van der Waals surface area contributed by atoms with Crippen molar-refractivity contribution in [1.29, 1.82) is 0 Å². The van der Waals surface area contributed by atoms with Crippen LogP contribution < -0.4 is 9.80 Å². The minimum Gasteiger partial charge on any atom is -0.311 e. The van der Waals surface area contributed by atoms with E-state index >= 15 is 0 Å². The molecule has 0 aromatic heterocycles. The number of hydrogen-bond donors (Lipinski definition) is 0. The van der Waals surface area contributed by atoms with Crippen LogP contribution in [0.15, 0.2) is 218 Å². The van der Waals surface area contributed by atoms with Crippen molar-refractivity contribution < 1.29 is 0 Å². The second-order valence-electron chi connectivity index (χ2n) is 15.4. The number of hydrogen-bond acceptors (Lipinski definition) is 2. The summed E-state index contributed by atoms with van der Waals surface area (Å²) >= 11 is 0. The highest BCUT2D eigenvalue weighted by Gasteiger charge is 2.35. The number of anilines is 6. The van der Waals surface area contributed by atoms with Crippen molar-refractivity contribution in [2.24, 2.45) is 0 Å². The lowest BCUT2D eigenvalue weighted by Gasteiger charge is -2.28. The van der Waals surface area contributed by atoms with E-state index in [1.54, 1.807) is 0 Å². The van der Waals surface area contributed by atoms with Crippen molar-refractivity contribution in [2.75, 3.05) is 9.80 Å². The van der Waals surface area contributed by atoms with E-state index in [-0.39, 0.29) is 5.41 Å². The van der Waals surface area contributed by atoms with E-state index in [0.717, 1.165) is 34.1 Å². The quantitative estimate of drug-likeness (QED) is 0.154. The fraction of sp³-hybridized carbons (Fsp3) is 0.0545. The molecule has 0 fully saturated rings. The van der Waals surface area contributed by atoms with Gasteiger partial charge in [-0.15, -0.1) is 0 Å². The van der Waals surface area contributed by atoms with Gasteiger partial charge in [0.2, 0.25) is 0 Å². The molecule has 57 heavy (non-hydrogen) atoms. The smallest absolute Gasteiger partial charge is 0.0465 e. The molecular weight excluding hydrogens is 689 g/mol. The van der Waals surface area contributed by atoms with Gasteiger partial charge in [0.15, 0.2) is 0 Å². The maximum absolute atomic E-state index is 2.40. The van der Waals surface area contributed by atoms with Gasteiger partial charge in [-0.05, 0) is 128 Å². The fourth-order valence-electron chi connectivity index (χ4n) is 8.86. The van der Waals surface area contributed by atoms with E-state index in [1.807, 2.05) is 0 Å². The predicted octanol–water partition coefficient (Wildman–Crippen LogP) is 15.4. The highest BCUT2D eigenvalue weighted by molar-refractivity contribution is 6.06. The van der Waals surface area contributed by atoms with E-state index in [0.29, 0.717) is 0 Å². The molecule has 0 saturated carbocycles. The molecule has 10 rings (SSSR count). The maximum atomic E-state index is 2.40. The minimum atomic E-state index is -0.0796. The molecule has 0 saturated heterocycles. The van der Waals surface area contributed by atoms with Gasteiger partial charge in [0.1, 0.15) is 0 Å². The van der Waals surface area contributed by atoms with Gasteiger partial charge < -0.3 is 9.80 Å². The molecule has 9 aromatic rings. The fourth-order valence-corrected chi connectivity index (χ4v) is 8.86. The van der Waals surface area contributed by atoms with Gasteiger partial charge in [-0.2, -0.15) is 0 Å². The van der Waals surface area contributed by atoms with Crippen LogP contribution >= 0.6 is 0 Å². The van der Waals surface area contributed by atoms with Crippen molar-refractivity contribution in [1.82, 2.24) is 0 Å². The largest absolute Gasteiger partial charge is 0.311 e. The predicted molar refractivity (Wildman–Crippen MR) is 242 cm³/mol. The summed E-state index contributed by atoms with van der Waals surface area (Å²) in [7, 11) is 0. The third kappa shape index (κ3) is 6.07. The monoisotopic (exact) mass is 730 g/mol. The summed E-state index contributed by atoms with van der Waals surface area (Å²) in [6.07, 6.45) is 0. The Balaban J connectivity index is 1.03. The second kappa shape index (κ2) is 14.2. The molecule has 1 aliphatic carbocycles. The van der Waals surface area contributed by atoms with Crippen LogP contribution in [0.4, 0.5) is 34.1 Å². The van der Waals surface area contributed by atoms with Crippen LogP contribution in [-0.4, -0.2) is 0 Å². The van der Waals surface area contributed by atoms with E-state index in [1.165, 1.54) is 55.3 Å². The first-order valence-electron chi connectivity index (χ1n) is 19.8. The molecule has 0 bridgehead atoms. The molecule has 2 heteroatoms. The molecule has 0 radical (unpaired) electrons. The van der Waals surface area contributed by atoms with Crippen LogP contribution in [0.5, 0.6) is 0 Å². The highest BCUT2D eigenvalue weighted by Crippen LogP contribution is 2.51. The van der Waals surface area contributed by atoms with E-state index < -0.39 is 0 Å². The first kappa shape index (κ1) is 34.3. The Morgan fingerprint density at radius 2 is 0.684 bits per heavy atom. The molecule has 0 amide bonds. The van der Waals surface area contributed by atoms with Crippen LogP contribution in [-0.2, 0) is 5.41 Å². The number of para-hydroxylation sites is 3. The lowest BCUT2D eigenvalue weighted by Crippen LogP contribution is -2.16. The molecule has 1 aliphatic rings. The molecule has 2 nitrogen and oxygen atoms in total. The first-order chi connectivity index (χ1) is 28.0. The summed E-state index contributed by atoms with van der Waals surface area (Å²) in [5.74, 6) is 0. The van der Waals surface area contributed by atoms with E-state index in [2.05, 4.69) is 242 Å². The van der Waals surface area contributed by atoms with Gasteiger partial charge in [0, 0.05) is 39.5 Å². The van der Waals surface area contributed by atoms with E-state index in [4.69, 9.17) is 0 Å². The minimum absolute atomic E-state index is 0.0796. The van der Waals surface area contributed by atoms with Crippen LogP contribution in [0, 0.1) is 0 Å². The summed E-state index contributed by atoms with van der Waals surface area (Å²) in [4.78, 5) is 4.69. The Bertz CT molecular complexity index is 2800. The zero-order chi connectivity index (χ0) is 38.3. The van der Waals surface area contributed by atoms with Gasteiger partial charge in [0.25, 0.3) is 0 Å². The van der Waals surface area contributed by atoms with Crippen LogP contribution in [0.1, 0.15) is 25.0 Å². The zero-order valence-corrected chi connectivity index (χ0v) is 32.2. The zero-order valence-electron chi connectivity index (χ0n) is 32.2. The normalized spacial score (nSPS) is 12.5. The Morgan fingerprint density at radius 1 is 0.298 bits per heavy atom. The molecule has 0 N–H and O–H groups in total. The van der Waals surface area contributed by atoms with Gasteiger partial charge in [-0.1, -0.05) is 159 Å². The topological polar surface area (TPSA) is 6.48 Å². The standard InChI is InChI=1S/C55H42N2/c1-55(2)52-27-13-12-24-50(52)51-37-36-47(38-53(51)55)57(44-22-10-5-11-23-44)46-34-30-40(31-35-46)49-26-15-17-41-16-14-25-48(54(41)49)39-28-32-45(33-29-39)56(42-18-6-3-7-19-42)43-20-8-4-9-21-43/h3-38H,1-2H3. The molecule has 0 heterocycles. The molecule has 9 aromatic carbocycles. The Hall–Kier alpha value is -7.16. The first-order valence-corrected chi connectivity index (χ1v) is 19.8.